The van der Waals surface area contributed by atoms with Crippen molar-refractivity contribution in [2.24, 2.45) is 16.6 Å². The Balaban J connectivity index is 0. The van der Waals surface area contributed by atoms with Gasteiger partial charge in [0.2, 0.25) is 5.91 Å². The van der Waals surface area contributed by atoms with E-state index >= 15 is 0 Å². The van der Waals surface area contributed by atoms with Crippen molar-refractivity contribution in [2.75, 3.05) is 6.54 Å². The van der Waals surface area contributed by atoms with Gasteiger partial charge in [0.15, 0.2) is 0 Å². The molecule has 7 nitrogen and oxygen atoms in total. The molecule has 2 unspecified atom stereocenters. The summed E-state index contributed by atoms with van der Waals surface area (Å²) in [5, 5.41) is 4.97. The molecule has 0 spiro atoms. The van der Waals surface area contributed by atoms with Crippen molar-refractivity contribution < 1.29 is 31.1 Å². The number of nitrogens with zero attached hydrogens (tertiary/aromatic N) is 3. The fourth-order valence-electron chi connectivity index (χ4n) is 1.67. The van der Waals surface area contributed by atoms with E-state index in [-0.39, 0.29) is 18.9 Å². The van der Waals surface area contributed by atoms with Crippen molar-refractivity contribution >= 4 is 5.91 Å². The summed E-state index contributed by atoms with van der Waals surface area (Å²) in [5.41, 5.74) is 17.5. The van der Waals surface area contributed by atoms with Gasteiger partial charge in [0.25, 0.3) is 0 Å². The molecule has 0 aromatic carbocycles. The Kier molecular flexibility index (Phi) is 11.3. The van der Waals surface area contributed by atoms with E-state index < -0.39 is 42.8 Å². The Morgan fingerprint density at radius 1 is 1.15 bits per heavy atom. The number of rotatable bonds is 7. The van der Waals surface area contributed by atoms with Gasteiger partial charge in [0.1, 0.15) is 6.54 Å². The minimum atomic E-state index is -4.43. The van der Waals surface area contributed by atoms with Crippen LogP contribution in [0.2, 0.25) is 0 Å². The third kappa shape index (κ3) is 20.3. The highest BCUT2D eigenvalue weighted by Crippen LogP contribution is 2.22. The summed E-state index contributed by atoms with van der Waals surface area (Å²) in [4.78, 5) is 13.5. The molecule has 0 aliphatic carbocycles. The molecule has 1 amide bonds. The van der Waals surface area contributed by atoms with Crippen LogP contribution in [0.15, 0.2) is 5.11 Å². The molecule has 154 valence electrons. The van der Waals surface area contributed by atoms with Crippen LogP contribution in [-0.2, 0) is 4.79 Å². The molecule has 0 aliphatic rings. The summed E-state index contributed by atoms with van der Waals surface area (Å²) in [5.74, 6) is -0.801. The summed E-state index contributed by atoms with van der Waals surface area (Å²) >= 11 is 0. The first-order valence-electron chi connectivity index (χ1n) is 7.45. The molecule has 0 aliphatic heterocycles. The van der Waals surface area contributed by atoms with Gasteiger partial charge in [-0.05, 0) is 18.9 Å². The Labute approximate surface area is 147 Å². The van der Waals surface area contributed by atoms with Crippen LogP contribution in [0.1, 0.15) is 40.0 Å². The third-order valence-corrected chi connectivity index (χ3v) is 2.56. The first-order chi connectivity index (χ1) is 11.5. The molecule has 2 atom stereocenters. The van der Waals surface area contributed by atoms with Crippen LogP contribution in [-0.4, -0.2) is 42.4 Å². The highest BCUT2D eigenvalue weighted by Gasteiger charge is 2.30. The zero-order chi connectivity index (χ0) is 21.2. The van der Waals surface area contributed by atoms with Gasteiger partial charge in [0, 0.05) is 23.4 Å². The van der Waals surface area contributed by atoms with Crippen LogP contribution >= 0.6 is 0 Å². The summed E-state index contributed by atoms with van der Waals surface area (Å²) in [6.07, 6.45) is -9.63. The fraction of sp³-hybridized carbons (Fsp3) is 0.923. The van der Waals surface area contributed by atoms with Crippen LogP contribution in [0, 0.1) is 0 Å². The van der Waals surface area contributed by atoms with Gasteiger partial charge in [-0.3, -0.25) is 4.79 Å². The van der Waals surface area contributed by atoms with Gasteiger partial charge < -0.3 is 16.8 Å². The quantitative estimate of drug-likeness (QED) is 0.265. The van der Waals surface area contributed by atoms with Crippen LogP contribution < -0.4 is 16.8 Å². The van der Waals surface area contributed by atoms with E-state index in [9.17, 15) is 31.1 Å². The molecule has 0 bridgehead atoms. The van der Waals surface area contributed by atoms with Gasteiger partial charge in [-0.15, -0.1) is 0 Å². The van der Waals surface area contributed by atoms with Crippen molar-refractivity contribution in [1.82, 2.24) is 5.32 Å². The number of hydrogen-bond donors (Lipinski definition) is 3. The Morgan fingerprint density at radius 2 is 1.65 bits per heavy atom. The van der Waals surface area contributed by atoms with Gasteiger partial charge >= 0.3 is 12.4 Å². The predicted octanol–water partition coefficient (Wildman–Crippen LogP) is 3.15. The van der Waals surface area contributed by atoms with Crippen molar-refractivity contribution in [1.29, 1.82) is 0 Å². The van der Waals surface area contributed by atoms with E-state index in [0.717, 1.165) is 0 Å². The Bertz CT molecular complexity index is 471. The molecule has 0 aromatic heterocycles. The number of azide groups is 1. The number of halogens is 6. The van der Waals surface area contributed by atoms with E-state index in [0.29, 0.717) is 0 Å². The van der Waals surface area contributed by atoms with E-state index in [1.165, 1.54) is 13.8 Å². The Morgan fingerprint density at radius 3 is 2.00 bits per heavy atom. The lowest BCUT2D eigenvalue weighted by Gasteiger charge is -2.17. The number of alkyl halides is 6. The lowest BCUT2D eigenvalue weighted by Crippen LogP contribution is -2.37. The number of amides is 1. The van der Waals surface area contributed by atoms with Crippen molar-refractivity contribution in [3.05, 3.63) is 10.4 Å². The van der Waals surface area contributed by atoms with Crippen LogP contribution in [0.5, 0.6) is 0 Å². The van der Waals surface area contributed by atoms with Gasteiger partial charge in [0.05, 0.1) is 12.0 Å². The molecule has 26 heavy (non-hydrogen) atoms. The lowest BCUT2D eigenvalue weighted by molar-refractivity contribution is -0.139. The van der Waals surface area contributed by atoms with Gasteiger partial charge in [-0.25, -0.2) is 0 Å². The van der Waals surface area contributed by atoms with E-state index in [2.05, 4.69) is 10.0 Å². The molecule has 0 fully saturated rings. The van der Waals surface area contributed by atoms with Crippen LogP contribution in [0.4, 0.5) is 26.3 Å². The summed E-state index contributed by atoms with van der Waals surface area (Å²) in [6.45, 7) is 3.17. The molecule has 5 N–H and O–H groups in total. The normalized spacial score (nSPS) is 14.4. The lowest BCUT2D eigenvalue weighted by atomic mass is 10.0. The van der Waals surface area contributed by atoms with E-state index in [1.807, 2.05) is 0 Å². The number of nitrogens with one attached hydrogen (secondary N) is 1. The second-order valence-electron chi connectivity index (χ2n) is 6.36. The molecular formula is C13H24F6N6O. The second kappa shape index (κ2) is 11.1. The van der Waals surface area contributed by atoms with E-state index in [4.69, 9.17) is 17.0 Å². The molecule has 0 aromatic rings. The third-order valence-electron chi connectivity index (χ3n) is 2.56. The topological polar surface area (TPSA) is 130 Å². The maximum absolute atomic E-state index is 11.7. The molecular weight excluding hydrogens is 370 g/mol. The second-order valence-corrected chi connectivity index (χ2v) is 6.36. The Hall–Kier alpha value is -1.72. The van der Waals surface area contributed by atoms with Gasteiger partial charge in [-0.2, -0.15) is 26.3 Å². The highest BCUT2D eigenvalue weighted by molar-refractivity contribution is 5.77. The van der Waals surface area contributed by atoms with Gasteiger partial charge in [-0.1, -0.05) is 19.0 Å². The van der Waals surface area contributed by atoms with E-state index in [1.54, 1.807) is 12.2 Å². The predicted molar refractivity (Wildman–Crippen MR) is 83.8 cm³/mol. The fourth-order valence-corrected chi connectivity index (χ4v) is 1.67. The summed E-state index contributed by atoms with van der Waals surface area (Å²) in [6, 6.07) is -1.14. The molecule has 0 radical (unpaired) electrons. The minimum Gasteiger partial charge on any atom is -0.347 e. The first kappa shape index (κ1) is 26.5. The maximum atomic E-state index is 11.7. The maximum Gasteiger partial charge on any atom is 0.405 e. The molecule has 0 heterocycles. The number of carbonyl (C=O) groups excluding carboxylic acids is 1. The first-order valence-corrected chi connectivity index (χ1v) is 7.45. The zero-order valence-corrected chi connectivity index (χ0v) is 14.7. The van der Waals surface area contributed by atoms with Crippen molar-refractivity contribution in [3.63, 3.8) is 0 Å². The average molecular weight is 394 g/mol. The number of hydrogen-bond acceptors (Lipinski definition) is 4. The highest BCUT2D eigenvalue weighted by atomic mass is 19.4. The molecule has 0 saturated carbocycles. The molecule has 0 saturated heterocycles. The number of nitrogens with two attached hydrogens (primary N) is 2. The standard InChI is InChI=1S/C7H11F3N4O.C6H13F3N2/c1-6(2,13-14-11)3-5(15)12-4-7(8,9)10;1-4(10)2-5(11)3-6(7,8)9/h3-4H2,1-2H3,(H,12,15);4-5H,2-3,10-11H2,1H3. The van der Waals surface area contributed by atoms with Crippen LogP contribution in [0.3, 0.4) is 0 Å². The number of carbonyl (C=O) groups is 1. The van der Waals surface area contributed by atoms with Crippen LogP contribution in [0.25, 0.3) is 10.4 Å². The monoisotopic (exact) mass is 394 g/mol. The summed E-state index contributed by atoms with van der Waals surface area (Å²) in [7, 11) is 0. The molecule has 0 rings (SSSR count). The van der Waals surface area contributed by atoms with Crippen molar-refractivity contribution in [2.45, 2.75) is 70.0 Å². The zero-order valence-electron chi connectivity index (χ0n) is 14.7. The molecule has 13 heteroatoms. The smallest absolute Gasteiger partial charge is 0.347 e. The summed E-state index contributed by atoms with van der Waals surface area (Å²) < 4.78 is 70.0. The average Bonchev–Trinajstić information content (AvgIpc) is 2.32. The SMILES string of the molecule is CC(C)(CC(=O)NCC(F)(F)F)N=[N+]=[N-].CC(N)CC(N)CC(F)(F)F. The minimum absolute atomic E-state index is 0.208. The largest absolute Gasteiger partial charge is 0.405 e. The van der Waals surface area contributed by atoms with Crippen molar-refractivity contribution in [3.8, 4) is 0 Å².